The van der Waals surface area contributed by atoms with Gasteiger partial charge in [0.2, 0.25) is 0 Å². The van der Waals surface area contributed by atoms with Crippen LogP contribution in [0.2, 0.25) is 0 Å². The van der Waals surface area contributed by atoms with Gasteiger partial charge in [-0.2, -0.15) is 0 Å². The van der Waals surface area contributed by atoms with Crippen molar-refractivity contribution in [2.45, 2.75) is 12.5 Å². The largest absolute Gasteiger partial charge is 0.480 e. The molecule has 0 spiro atoms. The third-order valence-corrected chi connectivity index (χ3v) is 2.42. The molecule has 1 heterocycles. The van der Waals surface area contributed by atoms with Gasteiger partial charge in [0.25, 0.3) is 0 Å². The summed E-state index contributed by atoms with van der Waals surface area (Å²) >= 11 is 0. The summed E-state index contributed by atoms with van der Waals surface area (Å²) in [5.74, 6) is -1.46. The molecule has 17 heavy (non-hydrogen) atoms. The second kappa shape index (κ2) is 4.39. The summed E-state index contributed by atoms with van der Waals surface area (Å²) in [5, 5.41) is 9.42. The number of hydrogen-bond donors (Lipinski definition) is 2. The highest BCUT2D eigenvalue weighted by Gasteiger charge is 2.20. The first-order valence-corrected chi connectivity index (χ1v) is 5.08. The molecule has 0 unspecified atom stereocenters. The normalized spacial score (nSPS) is 12.5. The number of carbonyl (C=O) groups excluding carboxylic acids is 1. The van der Waals surface area contributed by atoms with Crippen LogP contribution in [0.25, 0.3) is 11.0 Å². The predicted molar refractivity (Wildman–Crippen MR) is 60.8 cm³/mol. The molecule has 0 saturated heterocycles. The molecule has 3 N–H and O–H groups in total. The van der Waals surface area contributed by atoms with Crippen molar-refractivity contribution in [3.8, 4) is 0 Å². The van der Waals surface area contributed by atoms with Gasteiger partial charge in [0.05, 0.1) is 0 Å². The first kappa shape index (κ1) is 11.3. The number of hydrogen-bond acceptors (Lipinski definition) is 4. The van der Waals surface area contributed by atoms with Crippen molar-refractivity contribution >= 4 is 22.7 Å². The van der Waals surface area contributed by atoms with Crippen LogP contribution in [0, 0.1) is 0 Å². The average Bonchev–Trinajstić information content (AvgIpc) is 2.72. The van der Waals surface area contributed by atoms with Gasteiger partial charge in [-0.1, -0.05) is 18.2 Å². The molecule has 1 aromatic heterocycles. The number of nitrogens with two attached hydrogens (primary N) is 1. The Morgan fingerprint density at radius 3 is 2.71 bits per heavy atom. The number of ketones is 1. The van der Waals surface area contributed by atoms with Gasteiger partial charge in [-0.25, -0.2) is 0 Å². The lowest BCUT2D eigenvalue weighted by molar-refractivity contribution is -0.138. The lowest BCUT2D eigenvalue weighted by atomic mass is 10.1. The standard InChI is InChI=1S/C12H11NO4/c13-8(12(15)16)6-9(14)11-5-7-3-1-2-4-10(7)17-11/h1-5,8H,6,13H2,(H,15,16)/t8-/m1/s1. The first-order chi connectivity index (χ1) is 8.08. The van der Waals surface area contributed by atoms with E-state index in [9.17, 15) is 9.59 Å². The molecule has 0 aliphatic rings. The molecule has 0 aliphatic heterocycles. The third-order valence-electron chi connectivity index (χ3n) is 2.42. The van der Waals surface area contributed by atoms with Crippen molar-refractivity contribution in [3.05, 3.63) is 36.1 Å². The summed E-state index contributed by atoms with van der Waals surface area (Å²) in [7, 11) is 0. The zero-order valence-corrected chi connectivity index (χ0v) is 8.92. The number of fused-ring (bicyclic) bond motifs is 1. The molecule has 2 aromatic rings. The predicted octanol–water partition coefficient (Wildman–Crippen LogP) is 1.42. The molecule has 2 rings (SSSR count). The molecule has 0 aliphatic carbocycles. The summed E-state index contributed by atoms with van der Waals surface area (Å²) < 4.78 is 5.31. The number of aliphatic carboxylic acids is 1. The van der Waals surface area contributed by atoms with Crippen LogP contribution >= 0.6 is 0 Å². The van der Waals surface area contributed by atoms with Crippen LogP contribution in [0.15, 0.2) is 34.7 Å². The van der Waals surface area contributed by atoms with E-state index in [-0.39, 0.29) is 12.2 Å². The highest BCUT2D eigenvalue weighted by molar-refractivity contribution is 5.99. The maximum absolute atomic E-state index is 11.7. The molecule has 5 nitrogen and oxygen atoms in total. The second-order valence-electron chi connectivity index (χ2n) is 3.72. The minimum absolute atomic E-state index is 0.142. The van der Waals surface area contributed by atoms with E-state index in [1.54, 1.807) is 18.2 Å². The third kappa shape index (κ3) is 2.34. The number of Topliss-reactive ketones (excluding diaryl/α,β-unsaturated/α-hetero) is 1. The molecule has 0 fully saturated rings. The van der Waals surface area contributed by atoms with Gasteiger partial charge < -0.3 is 15.3 Å². The monoisotopic (exact) mass is 233 g/mol. The summed E-state index contributed by atoms with van der Waals surface area (Å²) in [6, 6.07) is 7.57. The molecular formula is C12H11NO4. The van der Waals surface area contributed by atoms with E-state index in [1.165, 1.54) is 0 Å². The van der Waals surface area contributed by atoms with Crippen LogP contribution in [-0.4, -0.2) is 22.9 Å². The topological polar surface area (TPSA) is 93.5 Å². The van der Waals surface area contributed by atoms with Crippen molar-refractivity contribution in [3.63, 3.8) is 0 Å². The maximum Gasteiger partial charge on any atom is 0.320 e. The van der Waals surface area contributed by atoms with Gasteiger partial charge in [0, 0.05) is 11.8 Å². The number of carbonyl (C=O) groups is 2. The second-order valence-corrected chi connectivity index (χ2v) is 3.72. The SMILES string of the molecule is N[C@H](CC(=O)c1cc2ccccc2o1)C(=O)O. The average molecular weight is 233 g/mol. The minimum Gasteiger partial charge on any atom is -0.480 e. The van der Waals surface area contributed by atoms with E-state index in [0.717, 1.165) is 5.39 Å². The summed E-state index contributed by atoms with van der Waals surface area (Å²) in [4.78, 5) is 22.2. The Balaban J connectivity index is 2.22. The molecule has 0 saturated carbocycles. The van der Waals surface area contributed by atoms with Crippen molar-refractivity contribution in [2.75, 3.05) is 0 Å². The molecule has 88 valence electrons. The van der Waals surface area contributed by atoms with Crippen LogP contribution in [0.1, 0.15) is 17.0 Å². The Hall–Kier alpha value is -2.14. The van der Waals surface area contributed by atoms with E-state index >= 15 is 0 Å². The van der Waals surface area contributed by atoms with E-state index in [1.807, 2.05) is 12.1 Å². The molecule has 0 radical (unpaired) electrons. The first-order valence-electron chi connectivity index (χ1n) is 5.08. The molecule has 1 atom stereocenters. The summed E-state index contributed by atoms with van der Waals surface area (Å²) in [6.07, 6.45) is -0.269. The number of para-hydroxylation sites is 1. The Kier molecular flexibility index (Phi) is 2.93. The van der Waals surface area contributed by atoms with Crippen LogP contribution in [-0.2, 0) is 4.79 Å². The Morgan fingerprint density at radius 2 is 2.06 bits per heavy atom. The van der Waals surface area contributed by atoms with E-state index < -0.39 is 17.8 Å². The Morgan fingerprint density at radius 1 is 1.35 bits per heavy atom. The van der Waals surface area contributed by atoms with Gasteiger partial charge in [-0.3, -0.25) is 9.59 Å². The smallest absolute Gasteiger partial charge is 0.320 e. The number of furan rings is 1. The zero-order valence-electron chi connectivity index (χ0n) is 8.92. The van der Waals surface area contributed by atoms with E-state index in [4.69, 9.17) is 15.3 Å². The number of rotatable bonds is 4. The lowest BCUT2D eigenvalue weighted by Crippen LogP contribution is -2.32. The van der Waals surface area contributed by atoms with Crippen LogP contribution in [0.4, 0.5) is 0 Å². The lowest BCUT2D eigenvalue weighted by Gasteiger charge is -2.02. The van der Waals surface area contributed by atoms with Gasteiger partial charge in [0.15, 0.2) is 11.5 Å². The van der Waals surface area contributed by atoms with Gasteiger partial charge in [-0.05, 0) is 12.1 Å². The highest BCUT2D eigenvalue weighted by Crippen LogP contribution is 2.20. The molecule has 5 heteroatoms. The molecule has 1 aromatic carbocycles. The van der Waals surface area contributed by atoms with E-state index in [2.05, 4.69) is 0 Å². The fraction of sp³-hybridized carbons (Fsp3) is 0.167. The van der Waals surface area contributed by atoms with Gasteiger partial charge >= 0.3 is 5.97 Å². The zero-order chi connectivity index (χ0) is 12.4. The maximum atomic E-state index is 11.7. The molecular weight excluding hydrogens is 222 g/mol. The fourth-order valence-electron chi connectivity index (χ4n) is 1.51. The quantitative estimate of drug-likeness (QED) is 0.779. The van der Waals surface area contributed by atoms with E-state index in [0.29, 0.717) is 5.58 Å². The minimum atomic E-state index is -1.20. The Labute approximate surface area is 96.8 Å². The number of benzene rings is 1. The van der Waals surface area contributed by atoms with Gasteiger partial charge in [0.1, 0.15) is 11.6 Å². The Bertz CT molecular complexity index is 540. The van der Waals surface area contributed by atoms with Crippen LogP contribution < -0.4 is 5.73 Å². The van der Waals surface area contributed by atoms with Crippen molar-refractivity contribution in [1.29, 1.82) is 0 Å². The molecule has 0 bridgehead atoms. The molecule has 0 amide bonds. The number of carboxylic acids is 1. The van der Waals surface area contributed by atoms with Crippen LogP contribution in [0.5, 0.6) is 0 Å². The summed E-state index contributed by atoms with van der Waals surface area (Å²) in [5.41, 5.74) is 5.88. The van der Waals surface area contributed by atoms with Crippen molar-refractivity contribution in [1.82, 2.24) is 0 Å². The number of carboxylic acid groups (broad SMARTS) is 1. The van der Waals surface area contributed by atoms with Gasteiger partial charge in [-0.15, -0.1) is 0 Å². The van der Waals surface area contributed by atoms with Crippen molar-refractivity contribution in [2.24, 2.45) is 5.73 Å². The fourth-order valence-corrected chi connectivity index (χ4v) is 1.51. The van der Waals surface area contributed by atoms with Crippen molar-refractivity contribution < 1.29 is 19.1 Å². The summed E-state index contributed by atoms with van der Waals surface area (Å²) in [6.45, 7) is 0. The van der Waals surface area contributed by atoms with Crippen LogP contribution in [0.3, 0.4) is 0 Å². The highest BCUT2D eigenvalue weighted by atomic mass is 16.4.